The fraction of sp³-hybridized carbons (Fsp3) is 0.444. The fourth-order valence-electron chi connectivity index (χ4n) is 2.31. The number of hydrogen-bond acceptors (Lipinski definition) is 2. The number of benzene rings is 2. The average Bonchev–Trinajstić information content (AvgIpc) is 2.49. The van der Waals surface area contributed by atoms with E-state index in [4.69, 9.17) is 9.47 Å². The van der Waals surface area contributed by atoms with Crippen LogP contribution < -0.4 is 4.74 Å². The minimum atomic E-state index is 0.781. The first kappa shape index (κ1) is 14.9. The molecular weight excluding hydrogens is 248 g/mol. The van der Waals surface area contributed by atoms with Crippen LogP contribution in [0.25, 0.3) is 10.8 Å². The molecule has 108 valence electrons. The summed E-state index contributed by atoms with van der Waals surface area (Å²) in [4.78, 5) is 0. The summed E-state index contributed by atoms with van der Waals surface area (Å²) in [6.07, 6.45) is 4.46. The van der Waals surface area contributed by atoms with Crippen LogP contribution in [0, 0.1) is 0 Å². The molecule has 0 aliphatic rings. The van der Waals surface area contributed by atoms with Gasteiger partial charge in [-0.25, -0.2) is 0 Å². The third kappa shape index (κ3) is 4.24. The molecule has 0 aliphatic carbocycles. The Kier molecular flexibility index (Phi) is 5.87. The van der Waals surface area contributed by atoms with E-state index in [1.807, 2.05) is 0 Å². The maximum atomic E-state index is 5.67. The smallest absolute Gasteiger partial charge is 0.119 e. The molecule has 2 aromatic rings. The van der Waals surface area contributed by atoms with Gasteiger partial charge < -0.3 is 9.47 Å². The Morgan fingerprint density at radius 1 is 0.900 bits per heavy atom. The van der Waals surface area contributed by atoms with Crippen molar-refractivity contribution in [1.29, 1.82) is 0 Å². The predicted octanol–water partition coefficient (Wildman–Crippen LogP) is 4.60. The van der Waals surface area contributed by atoms with Crippen molar-refractivity contribution in [2.45, 2.75) is 32.6 Å². The van der Waals surface area contributed by atoms with Crippen molar-refractivity contribution in [1.82, 2.24) is 0 Å². The molecule has 0 atom stereocenters. The van der Waals surface area contributed by atoms with Crippen molar-refractivity contribution in [3.05, 3.63) is 42.0 Å². The SMILES string of the molecule is CCCOc1ccc2cc(CCCCOC)ccc2c1. The van der Waals surface area contributed by atoms with E-state index in [9.17, 15) is 0 Å². The Hall–Kier alpha value is -1.54. The van der Waals surface area contributed by atoms with E-state index in [0.717, 1.165) is 38.2 Å². The maximum Gasteiger partial charge on any atom is 0.119 e. The van der Waals surface area contributed by atoms with E-state index >= 15 is 0 Å². The van der Waals surface area contributed by atoms with Crippen molar-refractivity contribution in [3.8, 4) is 5.75 Å². The molecule has 0 bridgehead atoms. The van der Waals surface area contributed by atoms with Crippen molar-refractivity contribution >= 4 is 10.8 Å². The minimum Gasteiger partial charge on any atom is -0.494 e. The van der Waals surface area contributed by atoms with E-state index in [2.05, 4.69) is 43.3 Å². The second-order valence-corrected chi connectivity index (χ2v) is 5.14. The number of aryl methyl sites for hydroxylation is 1. The highest BCUT2D eigenvalue weighted by molar-refractivity contribution is 5.84. The molecule has 2 aromatic carbocycles. The van der Waals surface area contributed by atoms with Crippen LogP contribution >= 0.6 is 0 Å². The topological polar surface area (TPSA) is 18.5 Å². The Bertz CT molecular complexity index is 534. The lowest BCUT2D eigenvalue weighted by Gasteiger charge is -2.07. The molecule has 0 N–H and O–H groups in total. The van der Waals surface area contributed by atoms with Gasteiger partial charge in [0.2, 0.25) is 0 Å². The summed E-state index contributed by atoms with van der Waals surface area (Å²) in [6.45, 7) is 3.76. The van der Waals surface area contributed by atoms with Gasteiger partial charge in [-0.15, -0.1) is 0 Å². The number of rotatable bonds is 8. The molecule has 0 aromatic heterocycles. The first-order chi connectivity index (χ1) is 9.83. The highest BCUT2D eigenvalue weighted by atomic mass is 16.5. The number of hydrogen-bond donors (Lipinski definition) is 0. The second-order valence-electron chi connectivity index (χ2n) is 5.14. The Morgan fingerprint density at radius 2 is 1.70 bits per heavy atom. The largest absolute Gasteiger partial charge is 0.494 e. The lowest BCUT2D eigenvalue weighted by molar-refractivity contribution is 0.193. The molecule has 2 nitrogen and oxygen atoms in total. The van der Waals surface area contributed by atoms with Gasteiger partial charge in [0.05, 0.1) is 6.61 Å². The van der Waals surface area contributed by atoms with Gasteiger partial charge in [-0.1, -0.05) is 31.2 Å². The molecule has 0 saturated heterocycles. The van der Waals surface area contributed by atoms with Crippen molar-refractivity contribution in [2.24, 2.45) is 0 Å². The van der Waals surface area contributed by atoms with Crippen LogP contribution in [0.2, 0.25) is 0 Å². The first-order valence-electron chi connectivity index (χ1n) is 7.48. The summed E-state index contributed by atoms with van der Waals surface area (Å²) in [5, 5.41) is 2.54. The van der Waals surface area contributed by atoms with E-state index in [0.29, 0.717) is 0 Å². The normalized spacial score (nSPS) is 10.9. The molecule has 0 aliphatic heterocycles. The van der Waals surface area contributed by atoms with Gasteiger partial charge in [0, 0.05) is 13.7 Å². The van der Waals surface area contributed by atoms with E-state index in [-0.39, 0.29) is 0 Å². The summed E-state index contributed by atoms with van der Waals surface area (Å²) < 4.78 is 10.8. The van der Waals surface area contributed by atoms with Crippen molar-refractivity contribution in [3.63, 3.8) is 0 Å². The minimum absolute atomic E-state index is 0.781. The zero-order chi connectivity index (χ0) is 14.2. The van der Waals surface area contributed by atoms with Gasteiger partial charge in [0.25, 0.3) is 0 Å². The lowest BCUT2D eigenvalue weighted by Crippen LogP contribution is -1.94. The molecule has 20 heavy (non-hydrogen) atoms. The maximum absolute atomic E-state index is 5.67. The molecule has 2 rings (SSSR count). The standard InChI is InChI=1S/C18H24O2/c1-3-11-20-18-10-9-16-13-15(6-4-5-12-19-2)7-8-17(16)14-18/h7-10,13-14H,3-6,11-12H2,1-2H3. The quantitative estimate of drug-likeness (QED) is 0.654. The number of unbranched alkanes of at least 4 members (excludes halogenated alkanes) is 1. The number of ether oxygens (including phenoxy) is 2. The average molecular weight is 272 g/mol. The van der Waals surface area contributed by atoms with Gasteiger partial charge >= 0.3 is 0 Å². The molecule has 0 fully saturated rings. The van der Waals surface area contributed by atoms with Gasteiger partial charge in [-0.3, -0.25) is 0 Å². The van der Waals surface area contributed by atoms with E-state index in [1.54, 1.807) is 7.11 Å². The van der Waals surface area contributed by atoms with Gasteiger partial charge in [-0.2, -0.15) is 0 Å². The Labute approximate surface area is 121 Å². The number of fused-ring (bicyclic) bond motifs is 1. The zero-order valence-corrected chi connectivity index (χ0v) is 12.5. The summed E-state index contributed by atoms with van der Waals surface area (Å²) in [7, 11) is 1.76. The summed E-state index contributed by atoms with van der Waals surface area (Å²) >= 11 is 0. The van der Waals surface area contributed by atoms with Gasteiger partial charge in [0.15, 0.2) is 0 Å². The van der Waals surface area contributed by atoms with Crippen molar-refractivity contribution in [2.75, 3.05) is 20.3 Å². The molecule has 0 spiro atoms. The summed E-state index contributed by atoms with van der Waals surface area (Å²) in [5.41, 5.74) is 1.40. The Morgan fingerprint density at radius 3 is 2.50 bits per heavy atom. The monoisotopic (exact) mass is 272 g/mol. The second kappa shape index (κ2) is 7.91. The van der Waals surface area contributed by atoms with Crippen LogP contribution in [0.1, 0.15) is 31.7 Å². The van der Waals surface area contributed by atoms with Gasteiger partial charge in [0.1, 0.15) is 5.75 Å². The van der Waals surface area contributed by atoms with E-state index < -0.39 is 0 Å². The molecular formula is C18H24O2. The van der Waals surface area contributed by atoms with Crippen molar-refractivity contribution < 1.29 is 9.47 Å². The molecule has 0 amide bonds. The van der Waals surface area contributed by atoms with Crippen LogP contribution in [0.15, 0.2) is 36.4 Å². The molecule has 2 heteroatoms. The Balaban J connectivity index is 2.02. The highest BCUT2D eigenvalue weighted by Gasteiger charge is 2.00. The molecule has 0 heterocycles. The first-order valence-corrected chi connectivity index (χ1v) is 7.48. The third-order valence-corrected chi connectivity index (χ3v) is 3.41. The lowest BCUT2D eigenvalue weighted by atomic mass is 10.0. The summed E-state index contributed by atoms with van der Waals surface area (Å²) in [5.74, 6) is 0.965. The van der Waals surface area contributed by atoms with Gasteiger partial charge in [-0.05, 0) is 54.2 Å². The summed E-state index contributed by atoms with van der Waals surface area (Å²) in [6, 6.07) is 13.0. The van der Waals surface area contributed by atoms with Crippen LogP contribution in [0.4, 0.5) is 0 Å². The van der Waals surface area contributed by atoms with Crippen LogP contribution in [-0.2, 0) is 11.2 Å². The zero-order valence-electron chi connectivity index (χ0n) is 12.5. The van der Waals surface area contributed by atoms with E-state index in [1.165, 1.54) is 22.8 Å². The molecule has 0 unspecified atom stereocenters. The third-order valence-electron chi connectivity index (χ3n) is 3.41. The fourth-order valence-corrected chi connectivity index (χ4v) is 2.31. The number of methoxy groups -OCH3 is 1. The predicted molar refractivity (Wildman–Crippen MR) is 84.5 cm³/mol. The highest BCUT2D eigenvalue weighted by Crippen LogP contribution is 2.23. The molecule has 0 radical (unpaired) electrons. The van der Waals surface area contributed by atoms with Crippen LogP contribution in [-0.4, -0.2) is 20.3 Å². The molecule has 0 saturated carbocycles. The van der Waals surface area contributed by atoms with Crippen LogP contribution in [0.3, 0.4) is 0 Å². The van der Waals surface area contributed by atoms with Crippen LogP contribution in [0.5, 0.6) is 5.75 Å².